The third-order valence-electron chi connectivity index (χ3n) is 4.02. The lowest BCUT2D eigenvalue weighted by molar-refractivity contribution is -0.144. The summed E-state index contributed by atoms with van der Waals surface area (Å²) in [4.78, 5) is 19.9. The average molecular weight is 341 g/mol. The zero-order valence-corrected chi connectivity index (χ0v) is 13.1. The second-order valence-corrected chi connectivity index (χ2v) is 5.89. The summed E-state index contributed by atoms with van der Waals surface area (Å²) < 4.78 is 38.0. The van der Waals surface area contributed by atoms with Crippen molar-refractivity contribution < 1.29 is 18.0 Å². The minimum Gasteiger partial charge on any atom is -0.334 e. The zero-order chi connectivity index (χ0) is 17.3. The molecule has 6 nitrogen and oxygen atoms in total. The van der Waals surface area contributed by atoms with Crippen molar-refractivity contribution in [3.05, 3.63) is 24.0 Å². The van der Waals surface area contributed by atoms with Crippen molar-refractivity contribution in [2.75, 3.05) is 31.5 Å². The number of piperazine rings is 1. The Morgan fingerprint density at radius 2 is 2.25 bits per heavy atom. The molecule has 3 rings (SSSR count). The number of nitrogens with zero attached hydrogens (tertiary/aromatic N) is 2. The molecule has 0 spiro atoms. The van der Waals surface area contributed by atoms with E-state index < -0.39 is 12.0 Å². The second kappa shape index (κ2) is 6.40. The standard InChI is InChI=1S/C15H18F3N5O/c1-9-7-19-4-5-23(9)8-13(24)20-10-2-3-11-12(6-10)22-14(21-11)15(16,17)18/h2-3,6,9,19H,4-5,7-8H2,1H3,(H,20,24)(H,21,22)/t9-/m0/s1. The number of nitrogens with one attached hydrogen (secondary N) is 3. The zero-order valence-electron chi connectivity index (χ0n) is 13.1. The van der Waals surface area contributed by atoms with Gasteiger partial charge in [0.1, 0.15) is 0 Å². The van der Waals surface area contributed by atoms with Gasteiger partial charge in [-0.05, 0) is 25.1 Å². The number of hydrogen-bond donors (Lipinski definition) is 3. The Bertz CT molecular complexity index is 742. The number of aromatic nitrogens is 2. The van der Waals surface area contributed by atoms with Gasteiger partial charge < -0.3 is 15.6 Å². The van der Waals surface area contributed by atoms with Crippen molar-refractivity contribution in [2.45, 2.75) is 19.1 Å². The predicted octanol–water partition coefficient (Wildman–Crippen LogP) is 1.81. The Hall–Kier alpha value is -2.13. The van der Waals surface area contributed by atoms with Gasteiger partial charge in [-0.2, -0.15) is 13.2 Å². The van der Waals surface area contributed by atoms with Crippen LogP contribution in [0.4, 0.5) is 18.9 Å². The lowest BCUT2D eigenvalue weighted by atomic mass is 10.2. The molecule has 1 fully saturated rings. The first-order valence-electron chi connectivity index (χ1n) is 7.64. The van der Waals surface area contributed by atoms with Crippen LogP contribution in [-0.2, 0) is 11.0 Å². The predicted molar refractivity (Wildman–Crippen MR) is 83.6 cm³/mol. The maximum absolute atomic E-state index is 12.7. The highest BCUT2D eigenvalue weighted by atomic mass is 19.4. The maximum atomic E-state index is 12.7. The molecule has 0 unspecified atom stereocenters. The third kappa shape index (κ3) is 3.68. The van der Waals surface area contributed by atoms with E-state index in [-0.39, 0.29) is 29.5 Å². The smallest absolute Gasteiger partial charge is 0.334 e. The van der Waals surface area contributed by atoms with E-state index in [1.807, 2.05) is 6.92 Å². The number of amides is 1. The molecule has 1 aromatic heterocycles. The molecule has 2 aromatic rings. The maximum Gasteiger partial charge on any atom is 0.449 e. The molecule has 1 aliphatic rings. The minimum absolute atomic E-state index is 0.196. The van der Waals surface area contributed by atoms with Crippen LogP contribution in [0, 0.1) is 0 Å². The first kappa shape index (κ1) is 16.7. The molecular formula is C15H18F3N5O. The van der Waals surface area contributed by atoms with Crippen molar-refractivity contribution >= 4 is 22.6 Å². The first-order chi connectivity index (χ1) is 11.3. The van der Waals surface area contributed by atoms with E-state index in [4.69, 9.17) is 0 Å². The van der Waals surface area contributed by atoms with Gasteiger partial charge in [0.25, 0.3) is 0 Å². The number of H-pyrrole nitrogens is 1. The van der Waals surface area contributed by atoms with Crippen LogP contribution in [0.5, 0.6) is 0 Å². The fourth-order valence-corrected chi connectivity index (χ4v) is 2.72. The van der Waals surface area contributed by atoms with Gasteiger partial charge >= 0.3 is 6.18 Å². The summed E-state index contributed by atoms with van der Waals surface area (Å²) in [6.07, 6.45) is -4.53. The van der Waals surface area contributed by atoms with Gasteiger partial charge in [0.2, 0.25) is 11.7 Å². The molecule has 2 heterocycles. The van der Waals surface area contributed by atoms with Crippen molar-refractivity contribution in [1.82, 2.24) is 20.2 Å². The number of alkyl halides is 3. The summed E-state index contributed by atoms with van der Waals surface area (Å²) in [5.74, 6) is -1.24. The van der Waals surface area contributed by atoms with Crippen LogP contribution in [0.2, 0.25) is 0 Å². The summed E-state index contributed by atoms with van der Waals surface area (Å²) in [6, 6.07) is 4.71. The van der Waals surface area contributed by atoms with E-state index in [1.165, 1.54) is 12.1 Å². The molecule has 3 N–H and O–H groups in total. The van der Waals surface area contributed by atoms with Crippen LogP contribution >= 0.6 is 0 Å². The number of fused-ring (bicyclic) bond motifs is 1. The molecule has 9 heteroatoms. The number of hydrogen-bond acceptors (Lipinski definition) is 4. The molecule has 1 aliphatic heterocycles. The number of imidazole rings is 1. The normalized spacial score (nSPS) is 19.6. The van der Waals surface area contributed by atoms with Crippen LogP contribution < -0.4 is 10.6 Å². The van der Waals surface area contributed by atoms with Crippen molar-refractivity contribution in [2.24, 2.45) is 0 Å². The number of carbonyl (C=O) groups excluding carboxylic acids is 1. The highest BCUT2D eigenvalue weighted by molar-refractivity contribution is 5.94. The number of rotatable bonds is 3. The van der Waals surface area contributed by atoms with Crippen molar-refractivity contribution in [1.29, 1.82) is 0 Å². The molecule has 0 aliphatic carbocycles. The summed E-state index contributed by atoms with van der Waals surface area (Å²) in [5, 5.41) is 5.97. The van der Waals surface area contributed by atoms with Gasteiger partial charge in [-0.15, -0.1) is 0 Å². The fraction of sp³-hybridized carbons (Fsp3) is 0.467. The second-order valence-electron chi connectivity index (χ2n) is 5.89. The Labute approximate surface area is 136 Å². The summed E-state index contributed by atoms with van der Waals surface area (Å²) in [6.45, 7) is 4.72. The summed E-state index contributed by atoms with van der Waals surface area (Å²) in [5.41, 5.74) is 0.874. The molecule has 0 bridgehead atoms. The Morgan fingerprint density at radius 1 is 1.46 bits per heavy atom. The molecule has 1 aromatic carbocycles. The quantitative estimate of drug-likeness (QED) is 0.796. The highest BCUT2D eigenvalue weighted by Crippen LogP contribution is 2.29. The molecule has 130 valence electrons. The van der Waals surface area contributed by atoms with E-state index in [2.05, 4.69) is 25.5 Å². The fourth-order valence-electron chi connectivity index (χ4n) is 2.72. The highest BCUT2D eigenvalue weighted by Gasteiger charge is 2.34. The largest absolute Gasteiger partial charge is 0.449 e. The van der Waals surface area contributed by atoms with Crippen molar-refractivity contribution in [3.63, 3.8) is 0 Å². The van der Waals surface area contributed by atoms with Gasteiger partial charge in [-0.25, -0.2) is 4.98 Å². The van der Waals surface area contributed by atoms with E-state index in [0.29, 0.717) is 5.69 Å². The van der Waals surface area contributed by atoms with Crippen LogP contribution in [0.15, 0.2) is 18.2 Å². The lowest BCUT2D eigenvalue weighted by Crippen LogP contribution is -2.51. The van der Waals surface area contributed by atoms with Gasteiger partial charge in [-0.3, -0.25) is 9.69 Å². The monoisotopic (exact) mass is 341 g/mol. The SMILES string of the molecule is C[C@H]1CNCCN1CC(=O)Nc1ccc2nc(C(F)(F)F)[nH]c2c1. The van der Waals surface area contributed by atoms with Gasteiger partial charge in [0, 0.05) is 31.4 Å². The molecule has 0 radical (unpaired) electrons. The Balaban J connectivity index is 1.69. The number of aromatic amines is 1. The average Bonchev–Trinajstić information content (AvgIpc) is 2.93. The van der Waals surface area contributed by atoms with Crippen molar-refractivity contribution in [3.8, 4) is 0 Å². The molecule has 1 amide bonds. The first-order valence-corrected chi connectivity index (χ1v) is 7.64. The van der Waals surface area contributed by atoms with Crippen LogP contribution in [-0.4, -0.2) is 53.0 Å². The van der Waals surface area contributed by atoms with Crippen LogP contribution in [0.25, 0.3) is 11.0 Å². The van der Waals surface area contributed by atoms with Crippen LogP contribution in [0.1, 0.15) is 12.7 Å². The molecule has 24 heavy (non-hydrogen) atoms. The van der Waals surface area contributed by atoms with Gasteiger partial charge in [0.15, 0.2) is 0 Å². The summed E-state index contributed by atoms with van der Waals surface area (Å²) in [7, 11) is 0. The minimum atomic E-state index is -4.53. The lowest BCUT2D eigenvalue weighted by Gasteiger charge is -2.33. The third-order valence-corrected chi connectivity index (χ3v) is 4.02. The topological polar surface area (TPSA) is 73.1 Å². The molecule has 1 saturated heterocycles. The number of carbonyl (C=O) groups is 1. The van der Waals surface area contributed by atoms with Crippen LogP contribution in [0.3, 0.4) is 0 Å². The van der Waals surface area contributed by atoms with Gasteiger partial charge in [-0.1, -0.05) is 0 Å². The molecule has 0 saturated carbocycles. The Kier molecular flexibility index (Phi) is 4.46. The number of anilines is 1. The van der Waals surface area contributed by atoms with E-state index in [1.54, 1.807) is 6.07 Å². The van der Waals surface area contributed by atoms with Gasteiger partial charge in [0.05, 0.1) is 17.6 Å². The summed E-state index contributed by atoms with van der Waals surface area (Å²) >= 11 is 0. The molecular weight excluding hydrogens is 323 g/mol. The number of benzene rings is 1. The van der Waals surface area contributed by atoms with E-state index in [0.717, 1.165) is 19.6 Å². The molecule has 1 atom stereocenters. The van der Waals surface area contributed by atoms with E-state index >= 15 is 0 Å². The number of halogens is 3. The van der Waals surface area contributed by atoms with E-state index in [9.17, 15) is 18.0 Å². The Morgan fingerprint density at radius 3 is 2.96 bits per heavy atom.